The smallest absolute Gasteiger partial charge is 0.252 e. The molecule has 0 saturated carbocycles. The molecule has 0 aliphatic rings. The number of hydrogen-bond acceptors (Lipinski definition) is 2. The molecular formula is C19H20FN3O. The van der Waals surface area contributed by atoms with Crippen molar-refractivity contribution in [3.63, 3.8) is 0 Å². The third-order valence-corrected chi connectivity index (χ3v) is 3.93. The van der Waals surface area contributed by atoms with Crippen molar-refractivity contribution >= 4 is 16.8 Å². The summed E-state index contributed by atoms with van der Waals surface area (Å²) in [7, 11) is 1.91. The molecule has 4 nitrogen and oxygen atoms in total. The zero-order chi connectivity index (χ0) is 17.1. The Morgan fingerprint density at radius 2 is 1.92 bits per heavy atom. The summed E-state index contributed by atoms with van der Waals surface area (Å²) >= 11 is 0. The third-order valence-electron chi connectivity index (χ3n) is 3.93. The number of carbonyl (C=O) groups excluding carboxylic acids is 1. The fraction of sp³-hybridized carbons (Fsp3) is 0.211. The predicted molar refractivity (Wildman–Crippen MR) is 94.5 cm³/mol. The van der Waals surface area contributed by atoms with E-state index in [1.165, 1.54) is 17.7 Å². The molecule has 24 heavy (non-hydrogen) atoms. The van der Waals surface area contributed by atoms with E-state index >= 15 is 0 Å². The Bertz CT molecular complexity index is 868. The van der Waals surface area contributed by atoms with E-state index in [1.807, 2.05) is 44.3 Å². The number of fused-ring (bicyclic) bond motifs is 1. The van der Waals surface area contributed by atoms with Crippen molar-refractivity contribution in [1.82, 2.24) is 15.6 Å². The Labute approximate surface area is 140 Å². The van der Waals surface area contributed by atoms with Crippen LogP contribution in [0.25, 0.3) is 22.2 Å². The van der Waals surface area contributed by atoms with E-state index in [0.29, 0.717) is 17.6 Å². The molecule has 0 bridgehead atoms. The molecular weight excluding hydrogens is 305 g/mol. The normalized spacial score (nSPS) is 11.0. The Balaban J connectivity index is 2.04. The quantitative estimate of drug-likeness (QED) is 0.673. The van der Waals surface area contributed by atoms with E-state index in [9.17, 15) is 9.18 Å². The average molecular weight is 325 g/mol. The SMILES string of the molecule is CCNC(=O)c1cc(F)cc2[nH]c(-c3ccc(CNC)cc3)cc12. The van der Waals surface area contributed by atoms with Gasteiger partial charge < -0.3 is 15.6 Å². The molecule has 124 valence electrons. The Hall–Kier alpha value is -2.66. The summed E-state index contributed by atoms with van der Waals surface area (Å²) in [6.45, 7) is 3.14. The van der Waals surface area contributed by atoms with Crippen LogP contribution >= 0.6 is 0 Å². The lowest BCUT2D eigenvalue weighted by Crippen LogP contribution is -2.22. The zero-order valence-electron chi connectivity index (χ0n) is 13.7. The molecule has 1 amide bonds. The molecule has 0 aliphatic heterocycles. The number of nitrogens with one attached hydrogen (secondary N) is 3. The Kier molecular flexibility index (Phi) is 4.62. The standard InChI is InChI=1S/C19H20FN3O/c1-3-22-19(24)16-8-14(20)9-18-15(16)10-17(23-18)13-6-4-12(5-7-13)11-21-2/h4-10,21,23H,3,11H2,1-2H3,(H,22,24). The number of aromatic nitrogens is 1. The van der Waals surface area contributed by atoms with Crippen molar-refractivity contribution in [3.05, 3.63) is 59.4 Å². The molecule has 0 spiro atoms. The molecule has 1 aromatic heterocycles. The van der Waals surface area contributed by atoms with Crippen LogP contribution in [0, 0.1) is 5.82 Å². The van der Waals surface area contributed by atoms with Crippen LogP contribution in [-0.2, 0) is 6.54 Å². The van der Waals surface area contributed by atoms with Gasteiger partial charge in [-0.15, -0.1) is 0 Å². The van der Waals surface area contributed by atoms with Crippen molar-refractivity contribution in [3.8, 4) is 11.3 Å². The van der Waals surface area contributed by atoms with E-state index in [4.69, 9.17) is 0 Å². The summed E-state index contributed by atoms with van der Waals surface area (Å²) in [5.41, 5.74) is 4.00. The minimum Gasteiger partial charge on any atom is -0.354 e. The summed E-state index contributed by atoms with van der Waals surface area (Å²) in [6, 6.07) is 12.7. The first-order valence-electron chi connectivity index (χ1n) is 7.96. The van der Waals surface area contributed by atoms with Gasteiger partial charge in [0.25, 0.3) is 5.91 Å². The van der Waals surface area contributed by atoms with Crippen LogP contribution in [0.1, 0.15) is 22.8 Å². The molecule has 3 N–H and O–H groups in total. The summed E-state index contributed by atoms with van der Waals surface area (Å²) in [5.74, 6) is -0.696. The second kappa shape index (κ2) is 6.84. The van der Waals surface area contributed by atoms with Gasteiger partial charge in [-0.05, 0) is 43.3 Å². The molecule has 2 aromatic carbocycles. The van der Waals surface area contributed by atoms with Gasteiger partial charge in [0.1, 0.15) is 5.82 Å². The highest BCUT2D eigenvalue weighted by Crippen LogP contribution is 2.28. The van der Waals surface area contributed by atoms with Crippen LogP contribution in [0.4, 0.5) is 4.39 Å². The molecule has 0 radical (unpaired) electrons. The molecule has 1 heterocycles. The topological polar surface area (TPSA) is 56.9 Å². The van der Waals surface area contributed by atoms with Crippen LogP contribution in [0.5, 0.6) is 0 Å². The van der Waals surface area contributed by atoms with Gasteiger partial charge in [-0.25, -0.2) is 4.39 Å². The van der Waals surface area contributed by atoms with Crippen LogP contribution in [-0.4, -0.2) is 24.5 Å². The van der Waals surface area contributed by atoms with Gasteiger partial charge in [-0.2, -0.15) is 0 Å². The van der Waals surface area contributed by atoms with Gasteiger partial charge in [0, 0.05) is 29.7 Å². The van der Waals surface area contributed by atoms with Gasteiger partial charge in [-0.1, -0.05) is 24.3 Å². The van der Waals surface area contributed by atoms with Gasteiger partial charge in [0.2, 0.25) is 0 Å². The number of benzene rings is 2. The highest BCUT2D eigenvalue weighted by molar-refractivity contribution is 6.07. The predicted octanol–water partition coefficient (Wildman–Crippen LogP) is 3.44. The molecule has 0 aliphatic carbocycles. The minimum atomic E-state index is -0.429. The number of amides is 1. The molecule has 3 rings (SSSR count). The maximum Gasteiger partial charge on any atom is 0.252 e. The van der Waals surface area contributed by atoms with Crippen LogP contribution < -0.4 is 10.6 Å². The van der Waals surface area contributed by atoms with E-state index in [0.717, 1.165) is 23.2 Å². The highest BCUT2D eigenvalue weighted by Gasteiger charge is 2.14. The molecule has 5 heteroatoms. The van der Waals surface area contributed by atoms with Crippen LogP contribution in [0.2, 0.25) is 0 Å². The van der Waals surface area contributed by atoms with Crippen molar-refractivity contribution in [2.45, 2.75) is 13.5 Å². The fourth-order valence-corrected chi connectivity index (χ4v) is 2.81. The zero-order valence-corrected chi connectivity index (χ0v) is 13.7. The molecule has 0 saturated heterocycles. The molecule has 0 unspecified atom stereocenters. The first-order valence-corrected chi connectivity index (χ1v) is 7.96. The second-order valence-corrected chi connectivity index (χ2v) is 5.68. The number of carbonyl (C=O) groups is 1. The van der Waals surface area contributed by atoms with Crippen LogP contribution in [0.3, 0.4) is 0 Å². The first-order chi connectivity index (χ1) is 11.6. The number of H-pyrrole nitrogens is 1. The number of hydrogen-bond donors (Lipinski definition) is 3. The van der Waals surface area contributed by atoms with E-state index in [-0.39, 0.29) is 5.91 Å². The van der Waals surface area contributed by atoms with Crippen molar-refractivity contribution in [1.29, 1.82) is 0 Å². The largest absolute Gasteiger partial charge is 0.354 e. The summed E-state index contributed by atoms with van der Waals surface area (Å²) in [6.07, 6.45) is 0. The lowest BCUT2D eigenvalue weighted by atomic mass is 10.1. The Morgan fingerprint density at radius 3 is 2.58 bits per heavy atom. The minimum absolute atomic E-state index is 0.267. The van der Waals surface area contributed by atoms with Gasteiger partial charge >= 0.3 is 0 Å². The first kappa shape index (κ1) is 16.2. The third kappa shape index (κ3) is 3.16. The van der Waals surface area contributed by atoms with E-state index in [1.54, 1.807) is 0 Å². The summed E-state index contributed by atoms with van der Waals surface area (Å²) in [4.78, 5) is 15.4. The molecule has 0 fully saturated rings. The van der Waals surface area contributed by atoms with Crippen molar-refractivity contribution in [2.75, 3.05) is 13.6 Å². The van der Waals surface area contributed by atoms with E-state index in [2.05, 4.69) is 15.6 Å². The van der Waals surface area contributed by atoms with Crippen molar-refractivity contribution < 1.29 is 9.18 Å². The fourth-order valence-electron chi connectivity index (χ4n) is 2.81. The maximum absolute atomic E-state index is 13.8. The monoisotopic (exact) mass is 325 g/mol. The average Bonchev–Trinajstić information content (AvgIpc) is 2.99. The number of rotatable bonds is 5. The lowest BCUT2D eigenvalue weighted by molar-refractivity contribution is 0.0957. The van der Waals surface area contributed by atoms with Crippen LogP contribution in [0.15, 0.2) is 42.5 Å². The van der Waals surface area contributed by atoms with Gasteiger partial charge in [0.15, 0.2) is 0 Å². The summed E-state index contributed by atoms with van der Waals surface area (Å²) in [5, 5.41) is 6.55. The molecule has 0 atom stereocenters. The van der Waals surface area contributed by atoms with Gasteiger partial charge in [0.05, 0.1) is 5.56 Å². The lowest BCUT2D eigenvalue weighted by Gasteiger charge is -2.03. The molecule has 3 aromatic rings. The van der Waals surface area contributed by atoms with Gasteiger partial charge in [-0.3, -0.25) is 4.79 Å². The Morgan fingerprint density at radius 1 is 1.17 bits per heavy atom. The summed E-state index contributed by atoms with van der Waals surface area (Å²) < 4.78 is 13.8. The number of halogens is 1. The van der Waals surface area contributed by atoms with Crippen molar-refractivity contribution in [2.24, 2.45) is 0 Å². The number of aromatic amines is 1. The highest BCUT2D eigenvalue weighted by atomic mass is 19.1. The second-order valence-electron chi connectivity index (χ2n) is 5.68. The van der Waals surface area contributed by atoms with E-state index < -0.39 is 5.82 Å². The maximum atomic E-state index is 13.8.